The number of hydrazine groups is 1. The molecule has 0 bridgehead atoms. The van der Waals surface area contributed by atoms with E-state index in [1.807, 2.05) is 7.05 Å². The van der Waals surface area contributed by atoms with Crippen LogP contribution in [0.4, 0.5) is 5.82 Å². The molecule has 2 aromatic rings. The Bertz CT molecular complexity index is 499. The highest BCUT2D eigenvalue weighted by atomic mass is 15.3. The van der Waals surface area contributed by atoms with Crippen LogP contribution in [0, 0.1) is 0 Å². The van der Waals surface area contributed by atoms with Crippen molar-refractivity contribution in [3.05, 3.63) is 23.9 Å². The van der Waals surface area contributed by atoms with Gasteiger partial charge in [0.05, 0.1) is 12.2 Å². The summed E-state index contributed by atoms with van der Waals surface area (Å²) in [6.45, 7) is 0. The Kier molecular flexibility index (Phi) is 3.07. The minimum atomic E-state index is -0.133. The van der Waals surface area contributed by atoms with E-state index in [9.17, 15) is 0 Å². The molecule has 0 aromatic carbocycles. The molecule has 0 aliphatic heterocycles. The van der Waals surface area contributed by atoms with Crippen LogP contribution >= 0.6 is 0 Å². The van der Waals surface area contributed by atoms with Gasteiger partial charge in [-0.3, -0.25) is 20.6 Å². The van der Waals surface area contributed by atoms with Gasteiger partial charge in [-0.2, -0.15) is 10.2 Å². The first-order chi connectivity index (χ1) is 8.13. The molecule has 92 valence electrons. The predicted molar refractivity (Wildman–Crippen MR) is 62.4 cm³/mol. The normalized spacial score (nSPS) is 12.9. The van der Waals surface area contributed by atoms with Gasteiger partial charge < -0.3 is 5.73 Å². The summed E-state index contributed by atoms with van der Waals surface area (Å²) in [7, 11) is 3.62. The van der Waals surface area contributed by atoms with Crippen LogP contribution in [0.2, 0.25) is 0 Å². The summed E-state index contributed by atoms with van der Waals surface area (Å²) in [6.07, 6.45) is 3.81. The Morgan fingerprint density at radius 2 is 2.12 bits per heavy atom. The number of hydrogen-bond acceptors (Lipinski definition) is 6. The van der Waals surface area contributed by atoms with Gasteiger partial charge in [0.2, 0.25) is 0 Å². The van der Waals surface area contributed by atoms with Crippen molar-refractivity contribution in [3.63, 3.8) is 0 Å². The number of rotatable bonds is 4. The van der Waals surface area contributed by atoms with Gasteiger partial charge in [0.25, 0.3) is 0 Å². The van der Waals surface area contributed by atoms with E-state index >= 15 is 0 Å². The van der Waals surface area contributed by atoms with Gasteiger partial charge in [-0.25, -0.2) is 4.98 Å². The van der Waals surface area contributed by atoms with Gasteiger partial charge in [-0.15, -0.1) is 0 Å². The number of aromatic nitrogens is 5. The first-order valence-corrected chi connectivity index (χ1v) is 5.20. The highest BCUT2D eigenvalue weighted by Crippen LogP contribution is 2.21. The summed E-state index contributed by atoms with van der Waals surface area (Å²) in [5.74, 6) is 6.97. The van der Waals surface area contributed by atoms with Crippen LogP contribution in [0.25, 0.3) is 0 Å². The molecule has 0 aliphatic rings. The van der Waals surface area contributed by atoms with E-state index in [4.69, 9.17) is 11.6 Å². The standard InChI is InChI=1S/C9H16N8/c1-16-8(12-5-14-16)3-7(15-11)6-4-13-17(2)9(6)10/h4-5,7,15H,3,10-11H2,1-2H3. The third-order valence-electron chi connectivity index (χ3n) is 2.78. The van der Waals surface area contributed by atoms with E-state index in [0.29, 0.717) is 12.2 Å². The molecule has 17 heavy (non-hydrogen) atoms. The van der Waals surface area contributed by atoms with Crippen molar-refractivity contribution in [2.24, 2.45) is 19.9 Å². The molecule has 8 nitrogen and oxygen atoms in total. The fourth-order valence-corrected chi connectivity index (χ4v) is 1.68. The van der Waals surface area contributed by atoms with E-state index in [-0.39, 0.29) is 6.04 Å². The van der Waals surface area contributed by atoms with Gasteiger partial charge >= 0.3 is 0 Å². The highest BCUT2D eigenvalue weighted by Gasteiger charge is 2.18. The van der Waals surface area contributed by atoms with Crippen molar-refractivity contribution in [2.75, 3.05) is 5.73 Å². The Morgan fingerprint density at radius 1 is 1.35 bits per heavy atom. The molecular formula is C9H16N8. The molecule has 2 rings (SSSR count). The third-order valence-corrected chi connectivity index (χ3v) is 2.78. The number of nitrogens with two attached hydrogens (primary N) is 2. The summed E-state index contributed by atoms with van der Waals surface area (Å²) in [4.78, 5) is 4.15. The van der Waals surface area contributed by atoms with E-state index in [1.54, 1.807) is 22.6 Å². The average molecular weight is 236 g/mol. The molecule has 0 saturated carbocycles. The number of aryl methyl sites for hydroxylation is 2. The van der Waals surface area contributed by atoms with Gasteiger partial charge in [0, 0.05) is 26.1 Å². The van der Waals surface area contributed by atoms with Crippen LogP contribution in [-0.4, -0.2) is 24.5 Å². The zero-order valence-electron chi connectivity index (χ0n) is 9.83. The van der Waals surface area contributed by atoms with Crippen LogP contribution in [-0.2, 0) is 20.5 Å². The lowest BCUT2D eigenvalue weighted by Gasteiger charge is -2.14. The number of nitrogen functional groups attached to an aromatic ring is 1. The minimum absolute atomic E-state index is 0.133. The molecule has 0 saturated heterocycles. The lowest BCUT2D eigenvalue weighted by molar-refractivity contribution is 0.524. The zero-order chi connectivity index (χ0) is 12.4. The van der Waals surface area contributed by atoms with Gasteiger partial charge in [-0.05, 0) is 0 Å². The number of nitrogens with zero attached hydrogens (tertiary/aromatic N) is 5. The second-order valence-corrected chi connectivity index (χ2v) is 3.83. The van der Waals surface area contributed by atoms with Crippen molar-refractivity contribution in [1.82, 2.24) is 30.0 Å². The fraction of sp³-hybridized carbons (Fsp3) is 0.444. The Morgan fingerprint density at radius 3 is 2.59 bits per heavy atom. The summed E-state index contributed by atoms with van der Waals surface area (Å²) >= 11 is 0. The average Bonchev–Trinajstić information content (AvgIpc) is 2.85. The molecule has 8 heteroatoms. The van der Waals surface area contributed by atoms with E-state index < -0.39 is 0 Å². The van der Waals surface area contributed by atoms with Crippen LogP contribution in [0.15, 0.2) is 12.5 Å². The minimum Gasteiger partial charge on any atom is -0.384 e. The lowest BCUT2D eigenvalue weighted by Crippen LogP contribution is -2.30. The highest BCUT2D eigenvalue weighted by molar-refractivity contribution is 5.41. The topological polar surface area (TPSA) is 113 Å². The van der Waals surface area contributed by atoms with Gasteiger partial charge in [-0.1, -0.05) is 0 Å². The van der Waals surface area contributed by atoms with E-state index in [1.165, 1.54) is 6.33 Å². The van der Waals surface area contributed by atoms with Gasteiger partial charge in [0.1, 0.15) is 18.0 Å². The Hall–Kier alpha value is -1.93. The summed E-state index contributed by atoms with van der Waals surface area (Å²) in [5, 5.41) is 8.10. The molecular weight excluding hydrogens is 220 g/mol. The molecule has 0 spiro atoms. The molecule has 0 amide bonds. The lowest BCUT2D eigenvalue weighted by atomic mass is 10.1. The molecule has 2 heterocycles. The summed E-state index contributed by atoms with van der Waals surface area (Å²) in [6, 6.07) is -0.133. The Labute approximate surface area is 98.6 Å². The van der Waals surface area contributed by atoms with E-state index in [0.717, 1.165) is 11.4 Å². The first-order valence-electron chi connectivity index (χ1n) is 5.20. The smallest absolute Gasteiger partial charge is 0.138 e. The third kappa shape index (κ3) is 2.12. The quantitative estimate of drug-likeness (QED) is 0.458. The van der Waals surface area contributed by atoms with Crippen LogP contribution in [0.5, 0.6) is 0 Å². The Balaban J connectivity index is 2.23. The number of nitrogens with one attached hydrogen (secondary N) is 1. The zero-order valence-corrected chi connectivity index (χ0v) is 9.83. The molecule has 1 atom stereocenters. The van der Waals surface area contributed by atoms with Crippen molar-refractivity contribution in [2.45, 2.75) is 12.5 Å². The van der Waals surface area contributed by atoms with Crippen molar-refractivity contribution in [1.29, 1.82) is 0 Å². The maximum absolute atomic E-state index is 5.91. The second kappa shape index (κ2) is 4.52. The molecule has 2 aromatic heterocycles. The largest absolute Gasteiger partial charge is 0.384 e. The second-order valence-electron chi connectivity index (χ2n) is 3.83. The van der Waals surface area contributed by atoms with E-state index in [2.05, 4.69) is 20.6 Å². The van der Waals surface area contributed by atoms with Crippen molar-refractivity contribution >= 4 is 5.82 Å². The van der Waals surface area contributed by atoms with Crippen LogP contribution < -0.4 is 17.0 Å². The predicted octanol–water partition coefficient (Wildman–Crippen LogP) is -1.12. The first kappa shape index (κ1) is 11.6. The molecule has 0 fully saturated rings. The summed E-state index contributed by atoms with van der Waals surface area (Å²) < 4.78 is 3.31. The fourth-order valence-electron chi connectivity index (χ4n) is 1.68. The number of anilines is 1. The van der Waals surface area contributed by atoms with Crippen molar-refractivity contribution < 1.29 is 0 Å². The summed E-state index contributed by atoms with van der Waals surface area (Å²) in [5.41, 5.74) is 9.49. The molecule has 0 aliphatic carbocycles. The molecule has 1 unspecified atom stereocenters. The van der Waals surface area contributed by atoms with Crippen LogP contribution in [0.3, 0.4) is 0 Å². The molecule has 0 radical (unpaired) electrons. The maximum Gasteiger partial charge on any atom is 0.138 e. The van der Waals surface area contributed by atoms with Gasteiger partial charge in [0.15, 0.2) is 0 Å². The van der Waals surface area contributed by atoms with Crippen LogP contribution in [0.1, 0.15) is 17.4 Å². The molecule has 5 N–H and O–H groups in total. The monoisotopic (exact) mass is 236 g/mol. The SMILES string of the molecule is Cn1ncnc1CC(NN)c1cnn(C)c1N. The van der Waals surface area contributed by atoms with Crippen molar-refractivity contribution in [3.8, 4) is 0 Å². The maximum atomic E-state index is 5.91. The number of hydrogen-bond donors (Lipinski definition) is 3.